The Kier molecular flexibility index (Phi) is 6.01. The van der Waals surface area contributed by atoms with Gasteiger partial charge in [0.15, 0.2) is 0 Å². The summed E-state index contributed by atoms with van der Waals surface area (Å²) in [5.41, 5.74) is 10.7. The minimum absolute atomic E-state index is 0.0742. The van der Waals surface area contributed by atoms with E-state index >= 15 is 0 Å². The number of nitrogens with two attached hydrogens (primary N) is 1. The molecule has 2 aromatic rings. The van der Waals surface area contributed by atoms with Crippen molar-refractivity contribution in [2.24, 2.45) is 5.73 Å². The molecule has 0 saturated heterocycles. The van der Waals surface area contributed by atoms with Gasteiger partial charge in [-0.15, -0.1) is 0 Å². The van der Waals surface area contributed by atoms with Gasteiger partial charge >= 0.3 is 5.97 Å². The second-order valence-electron chi connectivity index (χ2n) is 7.11. The van der Waals surface area contributed by atoms with Crippen molar-refractivity contribution in [3.8, 4) is 11.5 Å². The lowest BCUT2D eigenvalue weighted by molar-refractivity contribution is -0.137. The van der Waals surface area contributed by atoms with Crippen molar-refractivity contribution in [1.29, 1.82) is 0 Å². The van der Waals surface area contributed by atoms with Crippen LogP contribution in [0.1, 0.15) is 54.0 Å². The molecule has 0 amide bonds. The van der Waals surface area contributed by atoms with Gasteiger partial charge in [-0.2, -0.15) is 0 Å². The highest BCUT2D eigenvalue weighted by Crippen LogP contribution is 2.43. The lowest BCUT2D eigenvalue weighted by Crippen LogP contribution is -2.05. The fraction of sp³-hybridized carbons (Fsp3) is 0.409. The third-order valence-corrected chi connectivity index (χ3v) is 5.23. The van der Waals surface area contributed by atoms with E-state index in [9.17, 15) is 4.79 Å². The molecule has 27 heavy (non-hydrogen) atoms. The summed E-state index contributed by atoms with van der Waals surface area (Å²) in [6.07, 6.45) is 3.18. The van der Waals surface area contributed by atoms with E-state index in [0.717, 1.165) is 42.9 Å². The minimum Gasteiger partial charge on any atom is -0.497 e. The summed E-state index contributed by atoms with van der Waals surface area (Å²) in [5, 5.41) is 8.92. The molecule has 144 valence electrons. The molecule has 0 radical (unpaired) electrons. The quantitative estimate of drug-likeness (QED) is 0.856. The Morgan fingerprint density at radius 2 is 2.15 bits per heavy atom. The van der Waals surface area contributed by atoms with Gasteiger partial charge in [0, 0.05) is 18.0 Å². The molecular weight excluding hydrogens is 342 g/mol. The molecule has 0 aromatic heterocycles. The molecule has 1 heterocycles. The van der Waals surface area contributed by atoms with Gasteiger partial charge < -0.3 is 20.3 Å². The molecular formula is C22H27NO4. The van der Waals surface area contributed by atoms with Crippen molar-refractivity contribution in [2.45, 2.75) is 44.6 Å². The Bertz CT molecular complexity index is 816. The van der Waals surface area contributed by atoms with Crippen LogP contribution >= 0.6 is 0 Å². The van der Waals surface area contributed by atoms with Crippen LogP contribution < -0.4 is 15.2 Å². The Labute approximate surface area is 160 Å². The highest BCUT2D eigenvalue weighted by molar-refractivity contribution is 5.69. The molecule has 0 spiro atoms. The van der Waals surface area contributed by atoms with Gasteiger partial charge in [-0.1, -0.05) is 18.2 Å². The molecule has 0 bridgehead atoms. The van der Waals surface area contributed by atoms with E-state index in [-0.39, 0.29) is 18.4 Å². The van der Waals surface area contributed by atoms with Crippen molar-refractivity contribution in [1.82, 2.24) is 0 Å². The maximum Gasteiger partial charge on any atom is 0.303 e. The van der Waals surface area contributed by atoms with E-state index in [1.807, 2.05) is 37.3 Å². The zero-order chi connectivity index (χ0) is 19.4. The number of carbonyl (C=O) groups is 1. The van der Waals surface area contributed by atoms with Crippen LogP contribution in [0.3, 0.4) is 0 Å². The molecule has 1 aliphatic heterocycles. The number of benzene rings is 2. The summed E-state index contributed by atoms with van der Waals surface area (Å²) in [6, 6.07) is 12.0. The first-order chi connectivity index (χ1) is 13.0. The number of hydrogen-bond donors (Lipinski definition) is 2. The van der Waals surface area contributed by atoms with Gasteiger partial charge in [-0.05, 0) is 60.6 Å². The lowest BCUT2D eigenvalue weighted by atomic mass is 9.92. The van der Waals surface area contributed by atoms with Crippen LogP contribution in [-0.4, -0.2) is 24.8 Å². The van der Waals surface area contributed by atoms with Gasteiger partial charge in [-0.25, -0.2) is 0 Å². The molecule has 2 atom stereocenters. The van der Waals surface area contributed by atoms with Gasteiger partial charge in [0.1, 0.15) is 11.5 Å². The van der Waals surface area contributed by atoms with Crippen LogP contribution in [0.4, 0.5) is 0 Å². The summed E-state index contributed by atoms with van der Waals surface area (Å²) in [7, 11) is 1.65. The van der Waals surface area contributed by atoms with Crippen molar-refractivity contribution in [2.75, 3.05) is 13.7 Å². The number of aliphatic carboxylic acids is 1. The van der Waals surface area contributed by atoms with Crippen molar-refractivity contribution in [3.05, 3.63) is 58.7 Å². The maximum atomic E-state index is 10.8. The van der Waals surface area contributed by atoms with E-state index in [2.05, 4.69) is 6.07 Å². The predicted molar refractivity (Wildman–Crippen MR) is 105 cm³/mol. The Hall–Kier alpha value is -2.53. The minimum atomic E-state index is -0.700. The number of aryl methyl sites for hydroxylation is 1. The first-order valence-corrected chi connectivity index (χ1v) is 9.38. The molecule has 3 N–H and O–H groups in total. The Balaban J connectivity index is 0.000000168. The van der Waals surface area contributed by atoms with Gasteiger partial charge in [0.2, 0.25) is 0 Å². The normalized spacial score (nSPS) is 17.8. The average molecular weight is 369 g/mol. The number of hydrogen-bond acceptors (Lipinski definition) is 4. The number of carboxylic acid groups (broad SMARTS) is 1. The van der Waals surface area contributed by atoms with E-state index < -0.39 is 5.97 Å². The number of carboxylic acids is 1. The Morgan fingerprint density at radius 1 is 1.33 bits per heavy atom. The molecule has 2 aromatic carbocycles. The fourth-order valence-electron chi connectivity index (χ4n) is 3.89. The molecule has 0 fully saturated rings. The van der Waals surface area contributed by atoms with E-state index in [0.29, 0.717) is 0 Å². The van der Waals surface area contributed by atoms with Crippen molar-refractivity contribution in [3.63, 3.8) is 0 Å². The lowest BCUT2D eigenvalue weighted by Gasteiger charge is -2.12. The van der Waals surface area contributed by atoms with Crippen LogP contribution in [0.25, 0.3) is 0 Å². The first-order valence-electron chi connectivity index (χ1n) is 9.38. The summed E-state index contributed by atoms with van der Waals surface area (Å²) < 4.78 is 10.6. The average Bonchev–Trinajstić information content (AvgIpc) is 3.28. The van der Waals surface area contributed by atoms with E-state index in [1.165, 1.54) is 16.7 Å². The number of rotatable bonds is 4. The van der Waals surface area contributed by atoms with Crippen LogP contribution in [0, 0.1) is 0 Å². The topological polar surface area (TPSA) is 81.8 Å². The molecule has 1 aliphatic carbocycles. The van der Waals surface area contributed by atoms with E-state index in [1.54, 1.807) is 7.11 Å². The monoisotopic (exact) mass is 369 g/mol. The van der Waals surface area contributed by atoms with Crippen LogP contribution in [0.2, 0.25) is 0 Å². The molecule has 4 rings (SSSR count). The Morgan fingerprint density at radius 3 is 2.85 bits per heavy atom. The smallest absolute Gasteiger partial charge is 0.303 e. The summed E-state index contributed by atoms with van der Waals surface area (Å²) in [6.45, 7) is 2.69. The van der Waals surface area contributed by atoms with Gasteiger partial charge in [0.25, 0.3) is 0 Å². The van der Waals surface area contributed by atoms with Gasteiger partial charge in [-0.3, -0.25) is 4.79 Å². The van der Waals surface area contributed by atoms with Crippen LogP contribution in [0.5, 0.6) is 11.5 Å². The van der Waals surface area contributed by atoms with Crippen molar-refractivity contribution >= 4 is 5.97 Å². The predicted octanol–water partition coefficient (Wildman–Crippen LogP) is 3.84. The van der Waals surface area contributed by atoms with Crippen LogP contribution in [0.15, 0.2) is 36.4 Å². The third kappa shape index (κ3) is 4.42. The first kappa shape index (κ1) is 19.2. The van der Waals surface area contributed by atoms with E-state index in [4.69, 9.17) is 20.3 Å². The maximum absolute atomic E-state index is 10.8. The molecule has 5 nitrogen and oxygen atoms in total. The number of methoxy groups -OCH3 is 1. The summed E-state index contributed by atoms with van der Waals surface area (Å²) in [5.74, 6) is 1.33. The molecule has 0 unspecified atom stereocenters. The second kappa shape index (κ2) is 8.44. The molecule has 0 saturated carbocycles. The third-order valence-electron chi connectivity index (χ3n) is 5.23. The highest BCUT2D eigenvalue weighted by atomic mass is 16.5. The largest absolute Gasteiger partial charge is 0.497 e. The second-order valence-corrected chi connectivity index (χ2v) is 7.11. The number of ether oxygens (including phenoxy) is 2. The highest BCUT2D eigenvalue weighted by Gasteiger charge is 2.30. The molecule has 2 aliphatic rings. The zero-order valence-electron chi connectivity index (χ0n) is 15.9. The van der Waals surface area contributed by atoms with Gasteiger partial charge in [0.05, 0.1) is 20.1 Å². The van der Waals surface area contributed by atoms with Crippen LogP contribution in [-0.2, 0) is 17.6 Å². The fourth-order valence-corrected chi connectivity index (χ4v) is 3.89. The summed E-state index contributed by atoms with van der Waals surface area (Å²) >= 11 is 0. The molecule has 5 heteroatoms. The standard InChI is InChI=1S/C13H14O3.C9H13NO/c14-12(15)7-9-2-1-8-3-4-11-10(13(8)9)5-6-16-11;1-7(10)8-4-3-5-9(6-8)11-2/h3-4,9H,1-2,5-7H2,(H,14,15);3-7H,10H2,1-2H3/t9-;7-/m01/s1. The van der Waals surface area contributed by atoms with Crippen molar-refractivity contribution < 1.29 is 19.4 Å². The zero-order valence-corrected chi connectivity index (χ0v) is 15.9. The SMILES string of the molecule is COc1cccc([C@@H](C)N)c1.O=C(O)C[C@@H]1CCc2ccc3c(c21)CCO3. The number of fused-ring (bicyclic) bond motifs is 3. The summed E-state index contributed by atoms with van der Waals surface area (Å²) in [4.78, 5) is 10.8.